The van der Waals surface area contributed by atoms with Crippen molar-refractivity contribution in [1.82, 2.24) is 0 Å². The second-order valence-corrected chi connectivity index (χ2v) is 28.1. The maximum absolute atomic E-state index is 7.61. The van der Waals surface area contributed by atoms with Gasteiger partial charge in [0, 0.05) is 80.3 Å². The van der Waals surface area contributed by atoms with Gasteiger partial charge in [-0.3, -0.25) is 0 Å². The summed E-state index contributed by atoms with van der Waals surface area (Å²) in [5.41, 5.74) is 9.42. The minimum atomic E-state index is -1.30. The predicted molar refractivity (Wildman–Crippen MR) is 352 cm³/mol. The molecular formula is C76H82O8P2. The fourth-order valence-electron chi connectivity index (χ4n) is 14.2. The first kappa shape index (κ1) is 58.1. The second kappa shape index (κ2) is 27.0. The van der Waals surface area contributed by atoms with Gasteiger partial charge in [0.05, 0.1) is 10.6 Å². The van der Waals surface area contributed by atoms with E-state index in [4.69, 9.17) is 37.9 Å². The van der Waals surface area contributed by atoms with Crippen LogP contribution in [0.4, 0.5) is 0 Å². The molecule has 86 heavy (non-hydrogen) atoms. The van der Waals surface area contributed by atoms with Crippen molar-refractivity contribution in [2.24, 2.45) is 0 Å². The molecule has 1 aliphatic carbocycles. The van der Waals surface area contributed by atoms with Gasteiger partial charge in [0.15, 0.2) is 0 Å². The Kier molecular flexibility index (Phi) is 18.2. The predicted octanol–water partition coefficient (Wildman–Crippen LogP) is 17.3. The summed E-state index contributed by atoms with van der Waals surface area (Å²) < 4.78 is 57.8. The summed E-state index contributed by atoms with van der Waals surface area (Å²) in [5.74, 6) is 6.12. The molecule has 3 unspecified atom stereocenters. The molecule has 0 N–H and O–H groups in total. The van der Waals surface area contributed by atoms with Crippen LogP contribution in [0.3, 0.4) is 0 Å². The number of hydrogen-bond donors (Lipinski definition) is 0. The minimum Gasteiger partial charge on any atom is -0.457 e. The Morgan fingerprint density at radius 3 is 0.791 bits per heavy atom. The van der Waals surface area contributed by atoms with Crippen LogP contribution in [0.5, 0.6) is 46.0 Å². The van der Waals surface area contributed by atoms with E-state index >= 15 is 0 Å². The number of benzene rings is 8. The summed E-state index contributed by atoms with van der Waals surface area (Å²) in [6.07, 6.45) is 16.5. The van der Waals surface area contributed by atoms with Crippen LogP contribution in [-0.2, 0) is 0 Å². The number of hydrogen-bond acceptors (Lipinski definition) is 8. The van der Waals surface area contributed by atoms with Gasteiger partial charge in [-0.1, -0.05) is 226 Å². The van der Waals surface area contributed by atoms with Crippen LogP contribution in [0.1, 0.15) is 199 Å². The van der Waals surface area contributed by atoms with Crippen molar-refractivity contribution in [3.05, 3.63) is 202 Å². The summed E-state index contributed by atoms with van der Waals surface area (Å²) in [7, 11) is -2.61. The van der Waals surface area contributed by atoms with Crippen molar-refractivity contribution in [2.75, 3.05) is 27.2 Å². The molecule has 8 aromatic carbocycles. The first-order valence-corrected chi connectivity index (χ1v) is 34.8. The smallest absolute Gasteiger partial charge is 0.230 e. The molecule has 0 aromatic heterocycles. The fourth-order valence-corrected chi connectivity index (χ4v) is 19.3. The highest BCUT2D eigenvalue weighted by atomic mass is 31.1. The van der Waals surface area contributed by atoms with Gasteiger partial charge in [-0.25, -0.2) is 0 Å². The zero-order valence-electron chi connectivity index (χ0n) is 50.6. The van der Waals surface area contributed by atoms with Gasteiger partial charge in [-0.05, 0) is 87.0 Å². The van der Waals surface area contributed by atoms with E-state index in [1.165, 1.54) is 65.7 Å². The van der Waals surface area contributed by atoms with Crippen molar-refractivity contribution in [3.63, 3.8) is 0 Å². The molecule has 0 amide bonds. The second-order valence-electron chi connectivity index (χ2n) is 23.8. The highest BCUT2D eigenvalue weighted by Gasteiger charge is 2.43. The van der Waals surface area contributed by atoms with E-state index in [2.05, 4.69) is 185 Å². The molecule has 4 aliphatic heterocycles. The molecule has 0 saturated heterocycles. The van der Waals surface area contributed by atoms with Crippen LogP contribution in [0, 0.1) is 0 Å². The van der Waals surface area contributed by atoms with Gasteiger partial charge in [-0.15, -0.1) is 0 Å². The summed E-state index contributed by atoms with van der Waals surface area (Å²) >= 11 is 0. The normalized spacial score (nSPS) is 17.7. The molecule has 0 saturated carbocycles. The fraction of sp³-hybridized carbons (Fsp3) is 0.368. The van der Waals surface area contributed by atoms with Gasteiger partial charge >= 0.3 is 0 Å². The molecule has 5 aliphatic rings. The first-order chi connectivity index (χ1) is 42.6. The Labute approximate surface area is 512 Å². The average Bonchev–Trinajstić information content (AvgIpc) is 0.839. The maximum atomic E-state index is 7.61. The summed E-state index contributed by atoms with van der Waals surface area (Å²) in [4.78, 5) is 0. The third-order valence-electron chi connectivity index (χ3n) is 18.4. The molecule has 0 spiro atoms. The van der Waals surface area contributed by atoms with Crippen LogP contribution in [-0.4, -0.2) is 27.2 Å². The van der Waals surface area contributed by atoms with Crippen LogP contribution in [0.15, 0.2) is 158 Å². The molecule has 13 rings (SSSR count). The van der Waals surface area contributed by atoms with E-state index in [9.17, 15) is 0 Å². The molecule has 4 heterocycles. The highest BCUT2D eigenvalue weighted by Crippen LogP contribution is 2.58. The van der Waals surface area contributed by atoms with E-state index in [1.807, 2.05) is 0 Å². The molecule has 4 atom stereocenters. The minimum absolute atomic E-state index is 0.00109. The lowest BCUT2D eigenvalue weighted by Gasteiger charge is -2.38. The van der Waals surface area contributed by atoms with E-state index in [0.29, 0.717) is 0 Å². The molecular weight excluding hydrogens is 1100 g/mol. The third kappa shape index (κ3) is 11.5. The summed E-state index contributed by atoms with van der Waals surface area (Å²) in [5, 5.41) is 7.00. The number of unbranched alkanes of at least 4 members (excludes halogenated alkanes) is 8. The topological polar surface area (TPSA) is 73.8 Å². The van der Waals surface area contributed by atoms with Gasteiger partial charge in [0.25, 0.3) is 0 Å². The van der Waals surface area contributed by atoms with Gasteiger partial charge in [0.1, 0.15) is 46.0 Å². The SMILES string of the molecule is CCCCCC1c2cc3c4cc2OCOc2cc5c(cc21)[C@@H](CCCCC)c1cc2c(c(P(c6ccccc6)c6ccccc6)c1OCO5)OCOc1c(cc(c(c1P(c1ccccc1)c1ccccc1)OCO4)C3CCCCC)C2CCCCC. The standard InChI is InChI=1S/C76H82O8P2/c1-5-9-17-37-55-59-41-61-56(38-18-10-6-2)63-43-65-58(40-20-12-8-4)66-44-64-57(39-19-11-7-3)62-42-60(55)68-46-70(62)80-49-82-72(64)76(86(53-33-25-15-26-34-53)54-35-27-16-28-36-54)74(66)84-50-83-73(65)75(71(63)81-48-79-69(61)45-67(59)77-47-78-68)85(51-29-21-13-22-30-51)52-31-23-14-24-32-52/h13-16,21-36,41-46,55-58H,5-12,17-20,37-40,47-50H2,1-4H3/t55?,56-,57?,58?/m1/s1. The van der Waals surface area contributed by atoms with Crippen molar-refractivity contribution in [3.8, 4) is 46.0 Å². The van der Waals surface area contributed by atoms with E-state index in [-0.39, 0.29) is 50.8 Å². The average molecular weight is 1190 g/mol. The van der Waals surface area contributed by atoms with Crippen LogP contribution in [0.2, 0.25) is 0 Å². The van der Waals surface area contributed by atoms with Crippen LogP contribution < -0.4 is 69.7 Å². The lowest BCUT2D eigenvalue weighted by Crippen LogP contribution is -2.32. The molecule has 8 nitrogen and oxygen atoms in total. The van der Waals surface area contributed by atoms with E-state index in [1.54, 1.807) is 0 Å². The molecule has 0 radical (unpaired) electrons. The zero-order chi connectivity index (χ0) is 58.3. The Bertz CT molecular complexity index is 3310. The largest absolute Gasteiger partial charge is 0.457 e. The Balaban J connectivity index is 1.23. The van der Waals surface area contributed by atoms with Crippen molar-refractivity contribution in [2.45, 2.75) is 154 Å². The van der Waals surface area contributed by atoms with Gasteiger partial charge < -0.3 is 37.9 Å². The molecule has 10 heteroatoms. The maximum Gasteiger partial charge on any atom is 0.230 e. The van der Waals surface area contributed by atoms with Gasteiger partial charge in [-0.2, -0.15) is 0 Å². The summed E-state index contributed by atoms with van der Waals surface area (Å²) in [6.45, 7) is 9.23. The molecule has 8 bridgehead atoms. The lowest BCUT2D eigenvalue weighted by molar-refractivity contribution is 0.100. The number of ether oxygens (including phenoxy) is 8. The Hall–Kier alpha value is -6.98. The molecule has 444 valence electrons. The Morgan fingerprint density at radius 1 is 0.279 bits per heavy atom. The molecule has 8 aromatic rings. The Morgan fingerprint density at radius 2 is 0.512 bits per heavy atom. The monoisotopic (exact) mass is 1180 g/mol. The van der Waals surface area contributed by atoms with Gasteiger partial charge in [0.2, 0.25) is 27.2 Å². The van der Waals surface area contributed by atoms with Crippen LogP contribution in [0.25, 0.3) is 0 Å². The zero-order valence-corrected chi connectivity index (χ0v) is 52.4. The van der Waals surface area contributed by atoms with Crippen LogP contribution >= 0.6 is 15.8 Å². The quantitative estimate of drug-likeness (QED) is 0.0491. The van der Waals surface area contributed by atoms with E-state index in [0.717, 1.165) is 159 Å². The lowest BCUT2D eigenvalue weighted by atomic mass is 9.76. The first-order valence-electron chi connectivity index (χ1n) is 32.2. The summed E-state index contributed by atoms with van der Waals surface area (Å²) in [6, 6.07) is 58.7. The third-order valence-corrected chi connectivity index (χ3v) is 23.3. The highest BCUT2D eigenvalue weighted by molar-refractivity contribution is 7.80. The number of rotatable bonds is 22. The molecule has 0 fully saturated rings. The van der Waals surface area contributed by atoms with E-state index < -0.39 is 15.8 Å². The van der Waals surface area contributed by atoms with Crippen molar-refractivity contribution in [1.29, 1.82) is 0 Å². The van der Waals surface area contributed by atoms with Crippen molar-refractivity contribution >= 4 is 47.7 Å². The van der Waals surface area contributed by atoms with Crippen molar-refractivity contribution < 1.29 is 37.9 Å².